The molecule has 0 unspecified atom stereocenters. The van der Waals surface area contributed by atoms with Gasteiger partial charge in [0.05, 0.1) is 16.9 Å². The van der Waals surface area contributed by atoms with Crippen LogP contribution >= 0.6 is 15.9 Å². The maximum absolute atomic E-state index is 12.9. The average molecular weight is 347 g/mol. The van der Waals surface area contributed by atoms with Crippen molar-refractivity contribution in [1.82, 2.24) is 0 Å². The topological polar surface area (TPSA) is 46.3 Å². The summed E-state index contributed by atoms with van der Waals surface area (Å²) in [6.45, 7) is 4.65. The number of anilines is 2. The fraction of sp³-hybridized carbons (Fsp3) is 0.235. The van der Waals surface area contributed by atoms with Crippen LogP contribution in [-0.4, -0.2) is 12.5 Å². The van der Waals surface area contributed by atoms with Crippen molar-refractivity contribution in [1.29, 1.82) is 0 Å². The third-order valence-electron chi connectivity index (χ3n) is 3.34. The fourth-order valence-corrected chi connectivity index (χ4v) is 2.68. The molecule has 4 heteroatoms. The van der Waals surface area contributed by atoms with Crippen LogP contribution < -0.4 is 10.6 Å². The molecule has 110 valence electrons. The van der Waals surface area contributed by atoms with Gasteiger partial charge in [-0.25, -0.2) is 0 Å². The number of halogens is 1. The van der Waals surface area contributed by atoms with Crippen LogP contribution in [0.1, 0.15) is 29.3 Å². The van der Waals surface area contributed by atoms with E-state index >= 15 is 0 Å². The summed E-state index contributed by atoms with van der Waals surface area (Å²) >= 11 is 3.51. The highest BCUT2D eigenvalue weighted by Crippen LogP contribution is 2.28. The predicted molar refractivity (Wildman–Crippen MR) is 91.7 cm³/mol. The smallest absolute Gasteiger partial charge is 0.259 e. The Labute approximate surface area is 133 Å². The maximum atomic E-state index is 12.9. The van der Waals surface area contributed by atoms with Gasteiger partial charge in [-0.15, -0.1) is 0 Å². The number of nitrogens with zero attached hydrogens (tertiary/aromatic N) is 1. The molecule has 3 nitrogen and oxygen atoms in total. The largest absolute Gasteiger partial charge is 0.397 e. The van der Waals surface area contributed by atoms with Crippen LogP contribution in [0.5, 0.6) is 0 Å². The molecule has 0 radical (unpaired) electrons. The minimum Gasteiger partial charge on any atom is -0.397 e. The van der Waals surface area contributed by atoms with Gasteiger partial charge >= 0.3 is 0 Å². The normalized spacial score (nSPS) is 10.4. The van der Waals surface area contributed by atoms with E-state index in [1.807, 2.05) is 56.3 Å². The Balaban J connectivity index is 2.46. The maximum Gasteiger partial charge on any atom is 0.259 e. The fourth-order valence-electron chi connectivity index (χ4n) is 2.25. The lowest BCUT2D eigenvalue weighted by Gasteiger charge is -2.24. The summed E-state index contributed by atoms with van der Waals surface area (Å²) in [6, 6.07) is 13.2. The Kier molecular flexibility index (Phi) is 5.02. The summed E-state index contributed by atoms with van der Waals surface area (Å²) in [5.74, 6) is -0.0367. The van der Waals surface area contributed by atoms with E-state index in [0.717, 1.165) is 22.1 Å². The van der Waals surface area contributed by atoms with Crippen molar-refractivity contribution < 1.29 is 4.79 Å². The van der Waals surface area contributed by atoms with Crippen LogP contribution in [0.4, 0.5) is 11.4 Å². The average Bonchev–Trinajstić information content (AvgIpc) is 2.48. The van der Waals surface area contributed by atoms with E-state index in [9.17, 15) is 4.79 Å². The quantitative estimate of drug-likeness (QED) is 0.834. The van der Waals surface area contributed by atoms with E-state index in [-0.39, 0.29) is 5.91 Å². The van der Waals surface area contributed by atoms with E-state index in [2.05, 4.69) is 15.9 Å². The van der Waals surface area contributed by atoms with Crippen LogP contribution in [0, 0.1) is 6.92 Å². The summed E-state index contributed by atoms with van der Waals surface area (Å²) < 4.78 is 0.839. The van der Waals surface area contributed by atoms with Crippen molar-refractivity contribution in [2.45, 2.75) is 20.3 Å². The number of hydrogen-bond acceptors (Lipinski definition) is 2. The molecule has 0 aromatic heterocycles. The number of nitrogens with two attached hydrogens (primary N) is 1. The van der Waals surface area contributed by atoms with Gasteiger partial charge in [-0.05, 0) is 53.0 Å². The number of para-hydroxylation sites is 2. The van der Waals surface area contributed by atoms with Gasteiger partial charge in [-0.2, -0.15) is 0 Å². The van der Waals surface area contributed by atoms with Crippen LogP contribution in [-0.2, 0) is 0 Å². The molecule has 1 amide bonds. The lowest BCUT2D eigenvalue weighted by atomic mass is 10.1. The van der Waals surface area contributed by atoms with Crippen molar-refractivity contribution >= 4 is 33.2 Å². The number of aryl methyl sites for hydroxylation is 1. The summed E-state index contributed by atoms with van der Waals surface area (Å²) in [5, 5.41) is 0. The highest BCUT2D eigenvalue weighted by molar-refractivity contribution is 9.10. The summed E-state index contributed by atoms with van der Waals surface area (Å²) in [4.78, 5) is 14.6. The first-order valence-electron chi connectivity index (χ1n) is 6.97. The second kappa shape index (κ2) is 6.76. The predicted octanol–water partition coefficient (Wildman–Crippen LogP) is 4.40. The first-order chi connectivity index (χ1) is 10.1. The number of benzene rings is 2. The van der Waals surface area contributed by atoms with E-state index in [1.165, 1.54) is 0 Å². The number of rotatable bonds is 4. The lowest BCUT2D eigenvalue weighted by Crippen LogP contribution is -2.32. The van der Waals surface area contributed by atoms with Gasteiger partial charge in [0.15, 0.2) is 0 Å². The van der Waals surface area contributed by atoms with Crippen LogP contribution in [0.15, 0.2) is 46.9 Å². The van der Waals surface area contributed by atoms with E-state index < -0.39 is 0 Å². The Bertz CT molecular complexity index is 655. The van der Waals surface area contributed by atoms with Gasteiger partial charge < -0.3 is 10.6 Å². The van der Waals surface area contributed by atoms with Gasteiger partial charge in [-0.1, -0.05) is 31.2 Å². The molecule has 0 aliphatic rings. The van der Waals surface area contributed by atoms with Crippen LogP contribution in [0.25, 0.3) is 0 Å². The van der Waals surface area contributed by atoms with Gasteiger partial charge in [0.2, 0.25) is 0 Å². The molecule has 2 N–H and O–H groups in total. The molecule has 2 aromatic rings. The Hall–Kier alpha value is -1.81. The SMILES string of the molecule is CCCN(C(=O)c1cccc(C)c1Br)c1ccccc1N. The molecule has 0 saturated carbocycles. The van der Waals surface area contributed by atoms with Gasteiger partial charge in [0, 0.05) is 11.0 Å². The number of nitrogen functional groups attached to an aromatic ring is 1. The highest BCUT2D eigenvalue weighted by atomic mass is 79.9. The second-order valence-corrected chi connectivity index (χ2v) is 5.75. The summed E-state index contributed by atoms with van der Waals surface area (Å²) in [5.41, 5.74) is 9.10. The molecule has 0 heterocycles. The number of hydrogen-bond donors (Lipinski definition) is 1. The van der Waals surface area contributed by atoms with Crippen molar-refractivity contribution in [2.24, 2.45) is 0 Å². The van der Waals surface area contributed by atoms with Crippen molar-refractivity contribution in [3.8, 4) is 0 Å². The number of carbonyl (C=O) groups is 1. The van der Waals surface area contributed by atoms with Gasteiger partial charge in [0.25, 0.3) is 5.91 Å². The third kappa shape index (κ3) is 3.27. The van der Waals surface area contributed by atoms with Crippen molar-refractivity contribution in [3.63, 3.8) is 0 Å². The van der Waals surface area contributed by atoms with Gasteiger partial charge in [-0.3, -0.25) is 4.79 Å². The molecule has 0 bridgehead atoms. The Morgan fingerprint density at radius 1 is 1.19 bits per heavy atom. The molecule has 0 aliphatic carbocycles. The van der Waals surface area contributed by atoms with E-state index in [4.69, 9.17) is 5.73 Å². The molecule has 2 rings (SSSR count). The highest BCUT2D eigenvalue weighted by Gasteiger charge is 2.21. The minimum absolute atomic E-state index is 0.0367. The third-order valence-corrected chi connectivity index (χ3v) is 4.39. The molecule has 0 fully saturated rings. The van der Waals surface area contributed by atoms with E-state index in [1.54, 1.807) is 4.90 Å². The first kappa shape index (κ1) is 15.6. The summed E-state index contributed by atoms with van der Waals surface area (Å²) in [6.07, 6.45) is 0.865. The summed E-state index contributed by atoms with van der Waals surface area (Å²) in [7, 11) is 0. The molecule has 0 atom stereocenters. The number of amides is 1. The van der Waals surface area contributed by atoms with Gasteiger partial charge in [0.1, 0.15) is 0 Å². The molecule has 2 aromatic carbocycles. The minimum atomic E-state index is -0.0367. The number of carbonyl (C=O) groups excluding carboxylic acids is 1. The molecule has 0 aliphatic heterocycles. The Morgan fingerprint density at radius 2 is 1.90 bits per heavy atom. The zero-order chi connectivity index (χ0) is 15.4. The van der Waals surface area contributed by atoms with E-state index in [0.29, 0.717) is 17.8 Å². The molecule has 0 saturated heterocycles. The molecular formula is C17H19BrN2O. The second-order valence-electron chi connectivity index (χ2n) is 4.95. The van der Waals surface area contributed by atoms with Crippen LogP contribution in [0.2, 0.25) is 0 Å². The van der Waals surface area contributed by atoms with Crippen molar-refractivity contribution in [3.05, 3.63) is 58.1 Å². The zero-order valence-corrected chi connectivity index (χ0v) is 13.9. The first-order valence-corrected chi connectivity index (χ1v) is 7.77. The molecule has 0 spiro atoms. The van der Waals surface area contributed by atoms with Crippen molar-refractivity contribution in [2.75, 3.05) is 17.2 Å². The monoisotopic (exact) mass is 346 g/mol. The molecular weight excluding hydrogens is 328 g/mol. The lowest BCUT2D eigenvalue weighted by molar-refractivity contribution is 0.0986. The Morgan fingerprint density at radius 3 is 2.57 bits per heavy atom. The van der Waals surface area contributed by atoms with Crippen LogP contribution in [0.3, 0.4) is 0 Å². The molecule has 21 heavy (non-hydrogen) atoms. The standard InChI is InChI=1S/C17H19BrN2O/c1-3-11-20(15-10-5-4-9-14(15)19)17(21)13-8-6-7-12(2)16(13)18/h4-10H,3,11,19H2,1-2H3. The zero-order valence-electron chi connectivity index (χ0n) is 12.3.